The van der Waals surface area contributed by atoms with Gasteiger partial charge in [-0.15, -0.1) is 0 Å². The van der Waals surface area contributed by atoms with Crippen LogP contribution < -0.4 is 16.6 Å². The summed E-state index contributed by atoms with van der Waals surface area (Å²) in [5, 5.41) is 14.0. The van der Waals surface area contributed by atoms with Gasteiger partial charge in [0.1, 0.15) is 0 Å². The van der Waals surface area contributed by atoms with E-state index in [2.05, 4.69) is 17.0 Å². The quantitative estimate of drug-likeness (QED) is 0.279. The van der Waals surface area contributed by atoms with Crippen LogP contribution in [0.5, 0.6) is 0 Å². The predicted molar refractivity (Wildman–Crippen MR) is 81.6 cm³/mol. The number of nitrogens with zero attached hydrogens (tertiary/aromatic N) is 1. The second-order valence-electron chi connectivity index (χ2n) is 4.15. The first-order chi connectivity index (χ1) is 9.17. The van der Waals surface area contributed by atoms with E-state index in [1.54, 1.807) is 6.07 Å². The van der Waals surface area contributed by atoms with Gasteiger partial charge in [0.05, 0.1) is 10.6 Å². The molecule has 7 heteroatoms. The fourth-order valence-electron chi connectivity index (χ4n) is 1.68. The lowest BCUT2D eigenvalue weighted by atomic mass is 10.2. The topological polar surface area (TPSA) is 93.2 Å². The number of nitrogens with two attached hydrogens (primary N) is 1. The van der Waals surface area contributed by atoms with Crippen LogP contribution in [0.1, 0.15) is 19.3 Å². The van der Waals surface area contributed by atoms with E-state index in [1.165, 1.54) is 24.3 Å². The molecule has 0 aromatic heterocycles. The molecule has 0 saturated heterocycles. The average molecular weight is 284 g/mol. The van der Waals surface area contributed by atoms with Crippen molar-refractivity contribution in [2.24, 2.45) is 5.84 Å². The van der Waals surface area contributed by atoms with Gasteiger partial charge in [-0.2, -0.15) is 11.8 Å². The van der Waals surface area contributed by atoms with Gasteiger partial charge in [0.25, 0.3) is 5.69 Å². The molecule has 0 aliphatic rings. The molecule has 0 heterocycles. The van der Waals surface area contributed by atoms with E-state index in [9.17, 15) is 10.1 Å². The Balaban J connectivity index is 2.48. The number of unbranched alkanes of at least 4 members (excludes halogenated alkanes) is 2. The lowest BCUT2D eigenvalue weighted by Gasteiger charge is -2.08. The molecule has 0 spiro atoms. The molecule has 0 bridgehead atoms. The third-order valence-electron chi connectivity index (χ3n) is 2.65. The van der Waals surface area contributed by atoms with Crippen LogP contribution in [0.4, 0.5) is 17.1 Å². The number of nitrogens with one attached hydrogen (secondary N) is 2. The molecule has 1 rings (SSSR count). The van der Waals surface area contributed by atoms with E-state index in [-0.39, 0.29) is 5.69 Å². The third-order valence-corrected chi connectivity index (χ3v) is 3.35. The van der Waals surface area contributed by atoms with Gasteiger partial charge in [0.2, 0.25) is 0 Å². The summed E-state index contributed by atoms with van der Waals surface area (Å²) in [6.07, 6.45) is 5.51. The van der Waals surface area contributed by atoms with E-state index >= 15 is 0 Å². The minimum absolute atomic E-state index is 0.0281. The highest BCUT2D eigenvalue weighted by molar-refractivity contribution is 7.98. The van der Waals surface area contributed by atoms with Crippen molar-refractivity contribution in [3.63, 3.8) is 0 Å². The van der Waals surface area contributed by atoms with Gasteiger partial charge in [0.15, 0.2) is 0 Å². The first-order valence-corrected chi connectivity index (χ1v) is 7.55. The molecule has 1 aromatic carbocycles. The number of rotatable bonds is 9. The van der Waals surface area contributed by atoms with Crippen LogP contribution in [-0.4, -0.2) is 23.5 Å². The van der Waals surface area contributed by atoms with Crippen molar-refractivity contribution in [2.45, 2.75) is 19.3 Å². The molecule has 0 fully saturated rings. The Labute approximate surface area is 117 Å². The summed E-state index contributed by atoms with van der Waals surface area (Å²) in [7, 11) is 0. The minimum atomic E-state index is -0.426. The Morgan fingerprint density at radius 3 is 2.63 bits per heavy atom. The zero-order chi connectivity index (χ0) is 14.1. The minimum Gasteiger partial charge on any atom is -0.385 e. The van der Waals surface area contributed by atoms with Crippen molar-refractivity contribution in [1.29, 1.82) is 0 Å². The van der Waals surface area contributed by atoms with E-state index in [0.29, 0.717) is 11.4 Å². The summed E-state index contributed by atoms with van der Waals surface area (Å²) in [5.74, 6) is 6.47. The number of hydrogen-bond donors (Lipinski definition) is 3. The number of non-ortho nitro benzene ring substituents is 1. The van der Waals surface area contributed by atoms with Crippen LogP contribution in [0, 0.1) is 10.1 Å². The molecule has 0 atom stereocenters. The zero-order valence-electron chi connectivity index (χ0n) is 11.0. The van der Waals surface area contributed by atoms with E-state index < -0.39 is 4.92 Å². The third kappa shape index (κ3) is 5.80. The first-order valence-electron chi connectivity index (χ1n) is 6.16. The van der Waals surface area contributed by atoms with E-state index in [1.807, 2.05) is 11.8 Å². The summed E-state index contributed by atoms with van der Waals surface area (Å²) in [6, 6.07) is 4.68. The van der Waals surface area contributed by atoms with Crippen LogP contribution in [0.3, 0.4) is 0 Å². The molecule has 0 aliphatic carbocycles. The summed E-state index contributed by atoms with van der Waals surface area (Å²) >= 11 is 1.85. The number of benzene rings is 1. The molecule has 0 aliphatic heterocycles. The Hall–Kier alpha value is -1.47. The van der Waals surface area contributed by atoms with Crippen LogP contribution in [-0.2, 0) is 0 Å². The number of thioether (sulfide) groups is 1. The van der Waals surface area contributed by atoms with E-state index in [4.69, 9.17) is 5.84 Å². The molecular weight excluding hydrogens is 264 g/mol. The van der Waals surface area contributed by atoms with Crippen molar-refractivity contribution in [3.05, 3.63) is 28.3 Å². The Morgan fingerprint density at radius 2 is 2.00 bits per heavy atom. The van der Waals surface area contributed by atoms with Gasteiger partial charge in [-0.05, 0) is 30.9 Å². The zero-order valence-corrected chi connectivity index (χ0v) is 11.8. The number of nitro benzene ring substituents is 1. The average Bonchev–Trinajstić information content (AvgIpc) is 2.42. The molecule has 0 amide bonds. The van der Waals surface area contributed by atoms with Crippen molar-refractivity contribution in [1.82, 2.24) is 0 Å². The molecule has 0 unspecified atom stereocenters. The molecule has 1 aromatic rings. The second-order valence-corrected chi connectivity index (χ2v) is 5.14. The van der Waals surface area contributed by atoms with Gasteiger partial charge >= 0.3 is 0 Å². The highest BCUT2D eigenvalue weighted by Gasteiger charge is 2.08. The number of hydrazine groups is 1. The Bertz CT molecular complexity index is 415. The molecule has 19 heavy (non-hydrogen) atoms. The maximum atomic E-state index is 10.8. The Morgan fingerprint density at radius 1 is 1.26 bits per heavy atom. The number of anilines is 2. The smallest absolute Gasteiger partial charge is 0.273 e. The first kappa shape index (κ1) is 15.6. The van der Waals surface area contributed by atoms with Crippen LogP contribution in [0.15, 0.2) is 18.2 Å². The molecule has 106 valence electrons. The lowest BCUT2D eigenvalue weighted by Crippen LogP contribution is -2.08. The fourth-order valence-corrected chi connectivity index (χ4v) is 2.18. The van der Waals surface area contributed by atoms with Crippen molar-refractivity contribution < 1.29 is 4.92 Å². The molecule has 0 saturated carbocycles. The SMILES string of the molecule is CSCCCCCNc1cc(NN)cc([N+](=O)[O-])c1. The van der Waals surface area contributed by atoms with Crippen molar-refractivity contribution >= 4 is 28.8 Å². The summed E-state index contributed by atoms with van der Waals surface area (Å²) < 4.78 is 0. The van der Waals surface area contributed by atoms with E-state index in [0.717, 1.165) is 19.4 Å². The van der Waals surface area contributed by atoms with Crippen molar-refractivity contribution in [3.8, 4) is 0 Å². The Kier molecular flexibility index (Phi) is 7.06. The van der Waals surface area contributed by atoms with Gasteiger partial charge in [0, 0.05) is 24.4 Å². The fraction of sp³-hybridized carbons (Fsp3) is 0.500. The van der Waals surface area contributed by atoms with Crippen LogP contribution in [0.25, 0.3) is 0 Å². The largest absolute Gasteiger partial charge is 0.385 e. The highest BCUT2D eigenvalue weighted by Crippen LogP contribution is 2.23. The molecule has 4 N–H and O–H groups in total. The normalized spacial score (nSPS) is 10.2. The highest BCUT2D eigenvalue weighted by atomic mass is 32.2. The number of nitro groups is 1. The number of hydrogen-bond acceptors (Lipinski definition) is 6. The molecule has 6 nitrogen and oxygen atoms in total. The second kappa shape index (κ2) is 8.60. The predicted octanol–water partition coefficient (Wildman–Crippen LogP) is 2.83. The monoisotopic (exact) mass is 284 g/mol. The van der Waals surface area contributed by atoms with Crippen LogP contribution in [0.2, 0.25) is 0 Å². The summed E-state index contributed by atoms with van der Waals surface area (Å²) in [6.45, 7) is 0.805. The van der Waals surface area contributed by atoms with Gasteiger partial charge in [-0.25, -0.2) is 0 Å². The summed E-state index contributed by atoms with van der Waals surface area (Å²) in [5.41, 5.74) is 3.70. The van der Waals surface area contributed by atoms with Crippen molar-refractivity contribution in [2.75, 3.05) is 29.3 Å². The van der Waals surface area contributed by atoms with Gasteiger partial charge < -0.3 is 10.7 Å². The standard InChI is InChI=1S/C12H20N4O2S/c1-19-6-4-2-3-5-14-10-7-11(15-13)9-12(8-10)16(17)18/h7-9,14-15H,2-6,13H2,1H3. The maximum absolute atomic E-state index is 10.8. The summed E-state index contributed by atoms with van der Waals surface area (Å²) in [4.78, 5) is 10.4. The van der Waals surface area contributed by atoms with Gasteiger partial charge in [-0.3, -0.25) is 16.0 Å². The molecule has 0 radical (unpaired) electrons. The lowest BCUT2D eigenvalue weighted by molar-refractivity contribution is -0.384. The van der Waals surface area contributed by atoms with Gasteiger partial charge in [-0.1, -0.05) is 6.42 Å². The molecular formula is C12H20N4O2S. The van der Waals surface area contributed by atoms with Crippen LogP contribution >= 0.6 is 11.8 Å². The number of nitrogen functional groups attached to an aromatic ring is 1. The maximum Gasteiger partial charge on any atom is 0.273 e.